The zero-order chi connectivity index (χ0) is 24.9. The summed E-state index contributed by atoms with van der Waals surface area (Å²) in [7, 11) is 1.74. The van der Waals surface area contributed by atoms with Crippen LogP contribution in [-0.2, 0) is 0 Å². The lowest BCUT2D eigenvalue weighted by atomic mass is 9.88. The number of rotatable bonds is 6. The third-order valence-corrected chi connectivity index (χ3v) is 5.87. The van der Waals surface area contributed by atoms with Gasteiger partial charge in [-0.1, -0.05) is 46.2 Å². The Morgan fingerprint density at radius 3 is 2.52 bits per heavy atom. The molecule has 33 heavy (non-hydrogen) atoms. The monoisotopic (exact) mass is 492 g/mol. The van der Waals surface area contributed by atoms with E-state index in [0.29, 0.717) is 16.3 Å². The number of carbonyl (C=O) groups is 1. The first kappa shape index (κ1) is 26.6. The van der Waals surface area contributed by atoms with Crippen LogP contribution in [0, 0.1) is 10.8 Å². The number of halogens is 2. The maximum absolute atomic E-state index is 13.5. The average Bonchev–Trinajstić information content (AvgIpc) is 3.17. The van der Waals surface area contributed by atoms with Gasteiger partial charge in [-0.15, -0.1) is 3.89 Å². The molecule has 1 atom stereocenters. The minimum atomic E-state index is -0.378. The quantitative estimate of drug-likeness (QED) is 0.360. The van der Waals surface area contributed by atoms with Crippen LogP contribution in [0.5, 0.6) is 0 Å². The summed E-state index contributed by atoms with van der Waals surface area (Å²) in [5.41, 5.74) is 2.02. The first-order valence-corrected chi connectivity index (χ1v) is 11.7. The van der Waals surface area contributed by atoms with Crippen LogP contribution in [0.2, 0.25) is 5.02 Å². The molecule has 178 valence electrons. The Hall–Kier alpha value is -2.65. The van der Waals surface area contributed by atoms with Crippen LogP contribution in [0.3, 0.4) is 0 Å². The van der Waals surface area contributed by atoms with Gasteiger partial charge in [0.05, 0.1) is 17.5 Å². The summed E-state index contributed by atoms with van der Waals surface area (Å²) in [5, 5.41) is 15.1. The number of amides is 1. The van der Waals surface area contributed by atoms with Gasteiger partial charge in [0.2, 0.25) is 0 Å². The molecule has 0 aliphatic rings. The summed E-state index contributed by atoms with van der Waals surface area (Å²) < 4.78 is 14.6. The van der Waals surface area contributed by atoms with Crippen molar-refractivity contribution in [3.8, 4) is 0 Å². The molecule has 0 radical (unpaired) electrons. The van der Waals surface area contributed by atoms with E-state index in [1.165, 1.54) is 12.4 Å². The molecular weight excluding hydrogens is 463 g/mol. The Labute approximate surface area is 203 Å². The number of benzene rings is 1. The number of hydrogen-bond acceptors (Lipinski definition) is 6. The van der Waals surface area contributed by atoms with E-state index >= 15 is 0 Å². The number of nitrogens with zero attached hydrogens (tertiary/aromatic N) is 3. The van der Waals surface area contributed by atoms with Crippen molar-refractivity contribution in [2.75, 3.05) is 12.4 Å². The molecule has 2 aromatic heterocycles. The third kappa shape index (κ3) is 5.83. The Morgan fingerprint density at radius 2 is 1.94 bits per heavy atom. The first-order valence-electron chi connectivity index (χ1n) is 10.6. The molecule has 0 saturated carbocycles. The van der Waals surface area contributed by atoms with Gasteiger partial charge in [-0.05, 0) is 30.5 Å². The van der Waals surface area contributed by atoms with Crippen molar-refractivity contribution in [1.82, 2.24) is 19.3 Å². The molecule has 2 heterocycles. The standard InChI is InChI=1S/C21H24ClFN6OS.C2H6/c1-11(21(2,3)4)27-20(30)14-10-29(31-23)19-18(14)28-16(9-26-19)17(24)13-8-12(22)6-7-15(13)25-5;1-2/h6-11,24-25H,1-5H3,(H,27,30);1-2H3. The molecule has 7 nitrogen and oxygen atoms in total. The van der Waals surface area contributed by atoms with E-state index in [0.717, 1.165) is 3.97 Å². The molecule has 1 aromatic carbocycles. The lowest BCUT2D eigenvalue weighted by molar-refractivity contribution is 0.0911. The van der Waals surface area contributed by atoms with Gasteiger partial charge < -0.3 is 10.6 Å². The van der Waals surface area contributed by atoms with Crippen molar-refractivity contribution < 1.29 is 8.68 Å². The molecule has 1 amide bonds. The van der Waals surface area contributed by atoms with Crippen molar-refractivity contribution in [3.05, 3.63) is 52.4 Å². The van der Waals surface area contributed by atoms with Crippen molar-refractivity contribution in [2.24, 2.45) is 5.41 Å². The summed E-state index contributed by atoms with van der Waals surface area (Å²) in [4.78, 5) is 21.7. The van der Waals surface area contributed by atoms with Gasteiger partial charge in [0.15, 0.2) is 18.0 Å². The smallest absolute Gasteiger partial charge is 0.255 e. The lowest BCUT2D eigenvalue weighted by Crippen LogP contribution is -2.41. The molecule has 0 aliphatic heterocycles. The second-order valence-corrected chi connectivity index (χ2v) is 9.21. The second kappa shape index (κ2) is 11.0. The molecule has 0 bridgehead atoms. The van der Waals surface area contributed by atoms with Gasteiger partial charge in [0, 0.05) is 35.6 Å². The minimum Gasteiger partial charge on any atom is -0.388 e. The summed E-state index contributed by atoms with van der Waals surface area (Å²) in [6.45, 7) is 12.0. The van der Waals surface area contributed by atoms with Gasteiger partial charge in [-0.2, -0.15) is 0 Å². The molecule has 0 aliphatic carbocycles. The van der Waals surface area contributed by atoms with Crippen LogP contribution in [0.4, 0.5) is 9.57 Å². The minimum absolute atomic E-state index is 0.0673. The fourth-order valence-electron chi connectivity index (χ4n) is 2.87. The number of nitrogens with one attached hydrogen (secondary N) is 3. The number of aromatic nitrogens is 3. The molecular formula is C23H30ClFN6OS. The zero-order valence-electron chi connectivity index (χ0n) is 19.9. The SMILES string of the molecule is CC.CNc1ccc(Cl)cc1C(=N)c1cnc2c(n1)c(C(=O)NC(C)C(C)(C)C)cn2SF. The van der Waals surface area contributed by atoms with Crippen LogP contribution in [0.1, 0.15) is 63.2 Å². The summed E-state index contributed by atoms with van der Waals surface area (Å²) in [6, 6.07) is 5.01. The molecule has 0 fully saturated rings. The van der Waals surface area contributed by atoms with Crippen LogP contribution in [0.15, 0.2) is 30.6 Å². The van der Waals surface area contributed by atoms with E-state index < -0.39 is 0 Å². The maximum atomic E-state index is 13.5. The van der Waals surface area contributed by atoms with Gasteiger partial charge in [0.25, 0.3) is 5.91 Å². The number of anilines is 1. The highest BCUT2D eigenvalue weighted by molar-refractivity contribution is 7.92. The maximum Gasteiger partial charge on any atom is 0.255 e. The molecule has 3 N–H and O–H groups in total. The molecule has 0 saturated heterocycles. The predicted molar refractivity (Wildman–Crippen MR) is 136 cm³/mol. The normalized spacial score (nSPS) is 12.0. The van der Waals surface area contributed by atoms with Crippen LogP contribution >= 0.6 is 23.9 Å². The van der Waals surface area contributed by atoms with Crippen LogP contribution < -0.4 is 10.6 Å². The number of hydrogen-bond donors (Lipinski definition) is 3. The van der Waals surface area contributed by atoms with Gasteiger partial charge >= 0.3 is 0 Å². The van der Waals surface area contributed by atoms with Crippen LogP contribution in [-0.4, -0.2) is 38.6 Å². The summed E-state index contributed by atoms with van der Waals surface area (Å²) in [6.07, 6.45) is 2.75. The van der Waals surface area contributed by atoms with Crippen molar-refractivity contribution in [1.29, 1.82) is 5.41 Å². The third-order valence-electron chi connectivity index (χ3n) is 5.21. The van der Waals surface area contributed by atoms with E-state index in [1.807, 2.05) is 41.5 Å². The Kier molecular flexibility index (Phi) is 8.85. The van der Waals surface area contributed by atoms with E-state index in [2.05, 4.69) is 20.6 Å². The highest BCUT2D eigenvalue weighted by Gasteiger charge is 2.26. The van der Waals surface area contributed by atoms with E-state index in [4.69, 9.17) is 17.0 Å². The first-order chi connectivity index (χ1) is 15.6. The van der Waals surface area contributed by atoms with E-state index in [1.54, 1.807) is 25.2 Å². The number of fused-ring (bicyclic) bond motifs is 1. The van der Waals surface area contributed by atoms with Crippen molar-refractivity contribution >= 4 is 52.4 Å². The zero-order valence-corrected chi connectivity index (χ0v) is 21.5. The molecule has 1 unspecified atom stereocenters. The summed E-state index contributed by atoms with van der Waals surface area (Å²) >= 11 is 6.05. The van der Waals surface area contributed by atoms with Crippen molar-refractivity contribution in [3.63, 3.8) is 0 Å². The van der Waals surface area contributed by atoms with Crippen LogP contribution in [0.25, 0.3) is 11.2 Å². The Morgan fingerprint density at radius 1 is 1.27 bits per heavy atom. The van der Waals surface area contributed by atoms with Gasteiger partial charge in [-0.25, -0.2) is 13.9 Å². The predicted octanol–water partition coefficient (Wildman–Crippen LogP) is 6.11. The fourth-order valence-corrected chi connectivity index (χ4v) is 3.39. The summed E-state index contributed by atoms with van der Waals surface area (Å²) in [5.74, 6) is -0.378. The molecule has 0 spiro atoms. The molecule has 3 rings (SSSR count). The second-order valence-electron chi connectivity index (χ2n) is 8.24. The molecule has 10 heteroatoms. The van der Waals surface area contributed by atoms with E-state index in [-0.39, 0.29) is 57.8 Å². The molecule has 3 aromatic rings. The van der Waals surface area contributed by atoms with E-state index in [9.17, 15) is 8.68 Å². The highest BCUT2D eigenvalue weighted by atomic mass is 35.5. The number of carbonyl (C=O) groups excluding carboxylic acids is 1. The topological polar surface area (TPSA) is 95.7 Å². The Bertz CT molecular complexity index is 1160. The van der Waals surface area contributed by atoms with Gasteiger partial charge in [0.1, 0.15) is 11.2 Å². The average molecular weight is 493 g/mol. The Balaban J connectivity index is 0.00000187. The highest BCUT2D eigenvalue weighted by Crippen LogP contribution is 2.27. The fraction of sp³-hybridized carbons (Fsp3) is 0.391. The van der Waals surface area contributed by atoms with Gasteiger partial charge in [-0.3, -0.25) is 10.2 Å². The largest absolute Gasteiger partial charge is 0.388 e. The van der Waals surface area contributed by atoms with Crippen molar-refractivity contribution in [2.45, 2.75) is 47.6 Å². The lowest BCUT2D eigenvalue weighted by Gasteiger charge is -2.27.